The summed E-state index contributed by atoms with van der Waals surface area (Å²) >= 11 is 0. The molecular weight excluding hydrogens is 350 g/mol. The van der Waals surface area contributed by atoms with E-state index < -0.39 is 18.1 Å². The second kappa shape index (κ2) is 7.71. The maximum Gasteiger partial charge on any atom is 0.432 e. The zero-order valence-electron chi connectivity index (χ0n) is 14.4. The molecule has 0 saturated carbocycles. The number of nitrogens with one attached hydrogen (secondary N) is 1. The Hall–Kier alpha value is -3.65. The van der Waals surface area contributed by atoms with Crippen LogP contribution in [0.15, 0.2) is 60.9 Å². The normalized spacial score (nSPS) is 11.6. The van der Waals surface area contributed by atoms with Crippen molar-refractivity contribution in [2.75, 3.05) is 12.4 Å². The average Bonchev–Trinajstić information content (AvgIpc) is 3.18. The molecule has 0 aliphatic heterocycles. The first kappa shape index (κ1) is 18.2. The number of benzene rings is 2. The average molecular weight is 367 g/mol. The van der Waals surface area contributed by atoms with Crippen LogP contribution in [0.5, 0.6) is 5.75 Å². The van der Waals surface area contributed by atoms with E-state index in [4.69, 9.17) is 9.84 Å². The van der Waals surface area contributed by atoms with Gasteiger partial charge in [0.2, 0.25) is 0 Å². The predicted molar refractivity (Wildman–Crippen MR) is 97.7 cm³/mol. The highest BCUT2D eigenvalue weighted by Crippen LogP contribution is 2.32. The van der Waals surface area contributed by atoms with Crippen LogP contribution in [0.25, 0.3) is 11.1 Å². The van der Waals surface area contributed by atoms with Crippen molar-refractivity contribution in [1.82, 2.24) is 9.78 Å². The van der Waals surface area contributed by atoms with Gasteiger partial charge in [-0.15, -0.1) is 0 Å². The number of aliphatic hydroxyl groups excluding tert-OH is 1. The number of ether oxygens (including phenoxy) is 1. The molecule has 0 aliphatic carbocycles. The molecule has 0 fully saturated rings. The Bertz CT molecular complexity index is 968. The summed E-state index contributed by atoms with van der Waals surface area (Å²) in [6.45, 7) is 0. The van der Waals surface area contributed by atoms with E-state index in [-0.39, 0.29) is 0 Å². The number of rotatable bonds is 5. The number of hydrogen-bond acceptors (Lipinski definition) is 5. The highest BCUT2D eigenvalue weighted by atomic mass is 16.5. The van der Waals surface area contributed by atoms with Crippen molar-refractivity contribution in [2.45, 2.75) is 6.10 Å². The van der Waals surface area contributed by atoms with Crippen molar-refractivity contribution in [1.29, 1.82) is 0 Å². The molecule has 1 aromatic heterocycles. The van der Waals surface area contributed by atoms with E-state index in [1.807, 2.05) is 0 Å². The third-order valence-electron chi connectivity index (χ3n) is 3.92. The van der Waals surface area contributed by atoms with Gasteiger partial charge in [-0.3, -0.25) is 4.79 Å². The van der Waals surface area contributed by atoms with Crippen LogP contribution in [0.2, 0.25) is 0 Å². The molecule has 0 spiro atoms. The molecule has 1 amide bonds. The molecular formula is C19H17N3O5. The molecule has 27 heavy (non-hydrogen) atoms. The van der Waals surface area contributed by atoms with Gasteiger partial charge >= 0.3 is 6.09 Å². The van der Waals surface area contributed by atoms with Crippen LogP contribution in [0.1, 0.15) is 11.7 Å². The van der Waals surface area contributed by atoms with E-state index in [0.29, 0.717) is 28.1 Å². The highest BCUT2D eigenvalue weighted by Gasteiger charge is 2.18. The van der Waals surface area contributed by atoms with Gasteiger partial charge in [-0.25, -0.2) is 4.79 Å². The Balaban J connectivity index is 1.81. The Labute approximate surface area is 154 Å². The van der Waals surface area contributed by atoms with Gasteiger partial charge in [0.05, 0.1) is 13.3 Å². The third-order valence-corrected chi connectivity index (χ3v) is 3.92. The fourth-order valence-electron chi connectivity index (χ4n) is 2.57. The Morgan fingerprint density at radius 2 is 1.93 bits per heavy atom. The van der Waals surface area contributed by atoms with Crippen molar-refractivity contribution in [2.24, 2.45) is 0 Å². The van der Waals surface area contributed by atoms with Gasteiger partial charge in [-0.05, 0) is 17.7 Å². The largest absolute Gasteiger partial charge is 0.496 e. The summed E-state index contributed by atoms with van der Waals surface area (Å²) in [5.41, 5.74) is 2.09. The van der Waals surface area contributed by atoms with E-state index in [1.165, 1.54) is 19.5 Å². The molecule has 3 aromatic rings. The molecule has 138 valence electrons. The van der Waals surface area contributed by atoms with Crippen molar-refractivity contribution < 1.29 is 24.5 Å². The number of methoxy groups -OCH3 is 1. The number of carbonyl (C=O) groups is 2. The number of aromatic nitrogens is 2. The first-order chi connectivity index (χ1) is 13.0. The van der Waals surface area contributed by atoms with Crippen molar-refractivity contribution >= 4 is 17.7 Å². The van der Waals surface area contributed by atoms with Crippen molar-refractivity contribution in [3.05, 3.63) is 66.5 Å². The number of carbonyl (C=O) groups excluding carboxylic acids is 1. The zero-order chi connectivity index (χ0) is 19.4. The van der Waals surface area contributed by atoms with E-state index in [0.717, 1.165) is 4.68 Å². The fraction of sp³-hybridized carbons (Fsp3) is 0.105. The number of aliphatic hydroxyl groups is 1. The summed E-state index contributed by atoms with van der Waals surface area (Å²) in [5.74, 6) is -0.151. The Kier molecular flexibility index (Phi) is 5.18. The van der Waals surface area contributed by atoms with E-state index in [9.17, 15) is 14.7 Å². The van der Waals surface area contributed by atoms with Gasteiger partial charge in [0.25, 0.3) is 5.91 Å². The first-order valence-electron chi connectivity index (χ1n) is 8.00. The molecule has 1 unspecified atom stereocenters. The lowest BCUT2D eigenvalue weighted by molar-refractivity contribution is -0.124. The molecule has 8 heteroatoms. The van der Waals surface area contributed by atoms with Crippen LogP contribution in [-0.2, 0) is 4.79 Å². The molecule has 8 nitrogen and oxygen atoms in total. The number of nitrogens with zero attached hydrogens (tertiary/aromatic N) is 2. The number of amides is 1. The van der Waals surface area contributed by atoms with Crippen LogP contribution in [0.4, 0.5) is 10.5 Å². The number of carboxylic acid groups (broad SMARTS) is 1. The molecule has 3 N–H and O–H groups in total. The smallest absolute Gasteiger partial charge is 0.432 e. The Morgan fingerprint density at radius 3 is 2.56 bits per heavy atom. The minimum Gasteiger partial charge on any atom is -0.496 e. The molecule has 2 aromatic carbocycles. The van der Waals surface area contributed by atoms with Crippen LogP contribution < -0.4 is 10.1 Å². The quantitative estimate of drug-likeness (QED) is 0.639. The first-order valence-corrected chi connectivity index (χ1v) is 8.00. The number of hydrogen-bond donors (Lipinski definition) is 3. The fourth-order valence-corrected chi connectivity index (χ4v) is 2.57. The van der Waals surface area contributed by atoms with Gasteiger partial charge in [0, 0.05) is 29.1 Å². The van der Waals surface area contributed by atoms with Crippen molar-refractivity contribution in [3.8, 4) is 16.9 Å². The van der Waals surface area contributed by atoms with Gasteiger partial charge in [-0.1, -0.05) is 30.3 Å². The summed E-state index contributed by atoms with van der Waals surface area (Å²) in [6, 6.07) is 13.5. The molecule has 3 rings (SSSR count). The summed E-state index contributed by atoms with van der Waals surface area (Å²) in [4.78, 5) is 23.2. The maximum absolute atomic E-state index is 12.3. The predicted octanol–water partition coefficient (Wildman–Crippen LogP) is 2.76. The summed E-state index contributed by atoms with van der Waals surface area (Å²) in [5, 5.41) is 25.5. The summed E-state index contributed by atoms with van der Waals surface area (Å²) in [6.07, 6.45) is 0.269. The lowest BCUT2D eigenvalue weighted by Gasteiger charge is -2.14. The monoisotopic (exact) mass is 367 g/mol. The molecule has 0 aliphatic rings. The van der Waals surface area contributed by atoms with Gasteiger partial charge in [0.15, 0.2) is 6.10 Å². The maximum atomic E-state index is 12.3. The number of anilines is 1. The summed E-state index contributed by atoms with van der Waals surface area (Å²) in [7, 11) is 1.46. The van der Waals surface area contributed by atoms with Crippen LogP contribution in [0.3, 0.4) is 0 Å². The SMILES string of the molecule is COc1cc(NC(=O)C(O)c2ccccc2)ccc1-c1cnn(C(=O)O)c1. The van der Waals surface area contributed by atoms with Gasteiger partial charge < -0.3 is 20.3 Å². The van der Waals surface area contributed by atoms with Crippen molar-refractivity contribution in [3.63, 3.8) is 0 Å². The standard InChI is InChI=1S/C19H17N3O5/c1-27-16-9-14(21-18(24)17(23)12-5-3-2-4-6-12)7-8-15(16)13-10-20-22(11-13)19(25)26/h2-11,17,23H,1H3,(H,21,24)(H,25,26). The van der Waals surface area contributed by atoms with Crippen LogP contribution in [0, 0.1) is 0 Å². The van der Waals surface area contributed by atoms with E-state index in [1.54, 1.807) is 48.5 Å². The second-order valence-corrected chi connectivity index (χ2v) is 5.67. The molecule has 1 heterocycles. The van der Waals surface area contributed by atoms with Gasteiger partial charge in [-0.2, -0.15) is 9.78 Å². The summed E-state index contributed by atoms with van der Waals surface area (Å²) < 4.78 is 6.13. The topological polar surface area (TPSA) is 114 Å². The third kappa shape index (κ3) is 3.96. The molecule has 0 radical (unpaired) electrons. The lowest BCUT2D eigenvalue weighted by atomic mass is 10.1. The molecule has 0 bridgehead atoms. The highest BCUT2D eigenvalue weighted by molar-refractivity contribution is 5.95. The van der Waals surface area contributed by atoms with Gasteiger partial charge in [0.1, 0.15) is 5.75 Å². The minimum atomic E-state index is -1.30. The Morgan fingerprint density at radius 1 is 1.19 bits per heavy atom. The van der Waals surface area contributed by atoms with E-state index >= 15 is 0 Å². The second-order valence-electron chi connectivity index (χ2n) is 5.67. The minimum absolute atomic E-state index is 0.423. The lowest BCUT2D eigenvalue weighted by Crippen LogP contribution is -2.20. The van der Waals surface area contributed by atoms with E-state index in [2.05, 4.69) is 10.4 Å². The zero-order valence-corrected chi connectivity index (χ0v) is 14.4. The molecule has 1 atom stereocenters. The van der Waals surface area contributed by atoms with Crippen LogP contribution >= 0.6 is 0 Å². The van der Waals surface area contributed by atoms with Crippen LogP contribution in [-0.4, -0.2) is 39.1 Å². The molecule has 0 saturated heterocycles.